The number of carbonyl (C=O) groups is 1. The van der Waals surface area contributed by atoms with E-state index in [0.717, 1.165) is 11.3 Å². The number of rotatable bonds is 5. The normalized spacial score (nSPS) is 16.0. The van der Waals surface area contributed by atoms with E-state index in [2.05, 4.69) is 14.9 Å². The molecule has 1 aliphatic rings. The van der Waals surface area contributed by atoms with E-state index in [4.69, 9.17) is 16.1 Å². The number of carbonyl (C=O) groups excluding carboxylic acids is 1. The fourth-order valence-electron chi connectivity index (χ4n) is 3.54. The van der Waals surface area contributed by atoms with Crippen molar-refractivity contribution in [2.45, 2.75) is 37.8 Å². The van der Waals surface area contributed by atoms with Gasteiger partial charge in [0.25, 0.3) is 0 Å². The summed E-state index contributed by atoms with van der Waals surface area (Å²) >= 11 is 5.87. The van der Waals surface area contributed by atoms with Crippen molar-refractivity contribution >= 4 is 33.2 Å². The number of benzene rings is 2. The fourth-order valence-corrected chi connectivity index (χ4v) is 4.69. The van der Waals surface area contributed by atoms with Gasteiger partial charge in [0.2, 0.25) is 27.6 Å². The van der Waals surface area contributed by atoms with Crippen LogP contribution in [0.1, 0.15) is 25.3 Å². The Morgan fingerprint density at radius 3 is 2.70 bits per heavy atom. The predicted octanol–water partition coefficient (Wildman–Crippen LogP) is 3.17. The fraction of sp³-hybridized carbons (Fsp3) is 0.250. The molecule has 3 aromatic rings. The number of amides is 1. The zero-order chi connectivity index (χ0) is 21.5. The number of fused-ring (bicyclic) bond motifs is 1. The van der Waals surface area contributed by atoms with Crippen LogP contribution in [0.15, 0.2) is 51.9 Å². The smallest absolute Gasteiger partial charge is 0.242 e. The van der Waals surface area contributed by atoms with Crippen LogP contribution in [0, 0.1) is 0 Å². The van der Waals surface area contributed by atoms with Crippen LogP contribution in [0.2, 0.25) is 5.02 Å². The van der Waals surface area contributed by atoms with Gasteiger partial charge in [0.15, 0.2) is 0 Å². The largest absolute Gasteiger partial charge is 0.338 e. The maximum Gasteiger partial charge on any atom is 0.242 e. The molecule has 0 spiro atoms. The van der Waals surface area contributed by atoms with E-state index in [1.54, 1.807) is 41.3 Å². The molecule has 0 radical (unpaired) electrons. The number of aromatic nitrogens is 2. The molecule has 1 aliphatic heterocycles. The average molecular weight is 447 g/mol. The number of nitrogens with zero attached hydrogens (tertiary/aromatic N) is 3. The third-order valence-electron chi connectivity index (χ3n) is 4.90. The Hall–Kier alpha value is -2.75. The predicted molar refractivity (Wildman–Crippen MR) is 112 cm³/mol. The second-order valence-electron chi connectivity index (χ2n) is 7.08. The molecule has 0 bridgehead atoms. The highest BCUT2D eigenvalue weighted by Gasteiger charge is 2.30. The summed E-state index contributed by atoms with van der Waals surface area (Å²) in [4.78, 5) is 17.9. The van der Waals surface area contributed by atoms with Crippen LogP contribution in [0.25, 0.3) is 11.4 Å². The standard InChI is InChI=1S/C20H19ClN4O4S/c1-12-9-15-10-17(7-8-18(15)25(12)13(2)26)30(27,28)22-11-19-23-20(24-29-19)14-3-5-16(21)6-4-14/h3-8,10,12,22H,9,11H2,1-2H3. The minimum absolute atomic E-state index is 0.00639. The van der Waals surface area contributed by atoms with E-state index in [9.17, 15) is 13.2 Å². The Morgan fingerprint density at radius 2 is 2.00 bits per heavy atom. The second-order valence-corrected chi connectivity index (χ2v) is 9.28. The van der Waals surface area contributed by atoms with Gasteiger partial charge < -0.3 is 9.42 Å². The van der Waals surface area contributed by atoms with Crippen molar-refractivity contribution in [2.75, 3.05) is 4.90 Å². The molecule has 0 fully saturated rings. The van der Waals surface area contributed by atoms with Crippen molar-refractivity contribution in [1.82, 2.24) is 14.9 Å². The van der Waals surface area contributed by atoms with E-state index in [1.807, 2.05) is 6.92 Å². The molecule has 1 aromatic heterocycles. The Labute approximate surface area is 178 Å². The topological polar surface area (TPSA) is 105 Å². The highest BCUT2D eigenvalue weighted by atomic mass is 35.5. The van der Waals surface area contributed by atoms with Crippen molar-refractivity contribution in [3.05, 3.63) is 58.9 Å². The Bertz CT molecular complexity index is 1210. The number of sulfonamides is 1. The lowest BCUT2D eigenvalue weighted by atomic mass is 10.1. The minimum atomic E-state index is -3.79. The Morgan fingerprint density at radius 1 is 1.27 bits per heavy atom. The van der Waals surface area contributed by atoms with Gasteiger partial charge in [0, 0.05) is 29.2 Å². The van der Waals surface area contributed by atoms with Crippen LogP contribution in [0.4, 0.5) is 5.69 Å². The first-order valence-electron chi connectivity index (χ1n) is 9.25. The first kappa shape index (κ1) is 20.5. The molecule has 2 aromatic carbocycles. The van der Waals surface area contributed by atoms with Crippen molar-refractivity contribution in [1.29, 1.82) is 0 Å². The summed E-state index contributed by atoms with van der Waals surface area (Å²) in [5.74, 6) is 0.417. The van der Waals surface area contributed by atoms with Crippen LogP contribution < -0.4 is 9.62 Å². The molecule has 0 saturated heterocycles. The zero-order valence-corrected chi connectivity index (χ0v) is 17.9. The molecule has 0 aliphatic carbocycles. The lowest BCUT2D eigenvalue weighted by Gasteiger charge is -2.20. The molecule has 30 heavy (non-hydrogen) atoms. The Balaban J connectivity index is 1.49. The van der Waals surface area contributed by atoms with Gasteiger partial charge in [-0.3, -0.25) is 4.79 Å². The minimum Gasteiger partial charge on any atom is -0.338 e. The Kier molecular flexibility index (Phi) is 5.35. The molecule has 1 unspecified atom stereocenters. The van der Waals surface area contributed by atoms with Crippen LogP contribution in [-0.2, 0) is 27.8 Å². The SMILES string of the molecule is CC(=O)N1c2ccc(S(=O)(=O)NCc3nc(-c4ccc(Cl)cc4)no3)cc2CC1C. The van der Waals surface area contributed by atoms with Crippen molar-refractivity contribution in [3.8, 4) is 11.4 Å². The van der Waals surface area contributed by atoms with Crippen LogP contribution >= 0.6 is 11.6 Å². The maximum atomic E-state index is 12.7. The molecule has 1 atom stereocenters. The first-order valence-corrected chi connectivity index (χ1v) is 11.1. The van der Waals surface area contributed by atoms with Gasteiger partial charge in [-0.05, 0) is 61.4 Å². The second kappa shape index (κ2) is 7.82. The van der Waals surface area contributed by atoms with E-state index >= 15 is 0 Å². The van der Waals surface area contributed by atoms with Gasteiger partial charge in [0.1, 0.15) is 0 Å². The number of hydrogen-bond donors (Lipinski definition) is 1. The summed E-state index contributed by atoms with van der Waals surface area (Å²) in [6.45, 7) is 3.29. The molecule has 1 amide bonds. The summed E-state index contributed by atoms with van der Waals surface area (Å²) < 4.78 is 33.1. The number of anilines is 1. The lowest BCUT2D eigenvalue weighted by molar-refractivity contribution is -0.116. The molecule has 156 valence electrons. The van der Waals surface area contributed by atoms with Gasteiger partial charge >= 0.3 is 0 Å². The average Bonchev–Trinajstić information content (AvgIpc) is 3.30. The third kappa shape index (κ3) is 3.96. The van der Waals surface area contributed by atoms with E-state index in [1.165, 1.54) is 13.0 Å². The number of halogens is 1. The van der Waals surface area contributed by atoms with Crippen molar-refractivity contribution < 1.29 is 17.7 Å². The van der Waals surface area contributed by atoms with Gasteiger partial charge in [-0.25, -0.2) is 13.1 Å². The molecule has 2 heterocycles. The van der Waals surface area contributed by atoms with Crippen molar-refractivity contribution in [2.24, 2.45) is 0 Å². The zero-order valence-electron chi connectivity index (χ0n) is 16.3. The van der Waals surface area contributed by atoms with E-state index in [-0.39, 0.29) is 29.3 Å². The maximum absolute atomic E-state index is 12.7. The third-order valence-corrected chi connectivity index (χ3v) is 6.55. The molecule has 8 nitrogen and oxygen atoms in total. The van der Waals surface area contributed by atoms with Crippen molar-refractivity contribution in [3.63, 3.8) is 0 Å². The molecule has 0 saturated carbocycles. The van der Waals surface area contributed by atoms with Gasteiger partial charge in [-0.1, -0.05) is 16.8 Å². The highest BCUT2D eigenvalue weighted by molar-refractivity contribution is 7.89. The van der Waals surface area contributed by atoms with Crippen LogP contribution in [0.5, 0.6) is 0 Å². The van der Waals surface area contributed by atoms with E-state index < -0.39 is 10.0 Å². The molecule has 1 N–H and O–H groups in total. The van der Waals surface area contributed by atoms with Crippen LogP contribution in [0.3, 0.4) is 0 Å². The first-order chi connectivity index (χ1) is 14.2. The highest BCUT2D eigenvalue weighted by Crippen LogP contribution is 2.33. The number of hydrogen-bond acceptors (Lipinski definition) is 6. The lowest BCUT2D eigenvalue weighted by Crippen LogP contribution is -2.33. The summed E-state index contributed by atoms with van der Waals surface area (Å²) in [7, 11) is -3.79. The van der Waals surface area contributed by atoms with Gasteiger partial charge in [0.05, 0.1) is 11.4 Å². The van der Waals surface area contributed by atoms with E-state index in [0.29, 0.717) is 22.8 Å². The molecular formula is C20H19ClN4O4S. The number of nitrogens with one attached hydrogen (secondary N) is 1. The van der Waals surface area contributed by atoms with Crippen LogP contribution in [-0.4, -0.2) is 30.5 Å². The summed E-state index contributed by atoms with van der Waals surface area (Å²) in [5.41, 5.74) is 2.28. The van der Waals surface area contributed by atoms with Gasteiger partial charge in [-0.15, -0.1) is 0 Å². The molecule has 4 rings (SSSR count). The van der Waals surface area contributed by atoms with Gasteiger partial charge in [-0.2, -0.15) is 4.98 Å². The quantitative estimate of drug-likeness (QED) is 0.645. The summed E-state index contributed by atoms with van der Waals surface area (Å²) in [6, 6.07) is 11.7. The molecular weight excluding hydrogens is 428 g/mol. The summed E-state index contributed by atoms with van der Waals surface area (Å²) in [5, 5.41) is 4.46. The summed E-state index contributed by atoms with van der Waals surface area (Å²) in [6.07, 6.45) is 0.604. The molecule has 10 heteroatoms. The monoisotopic (exact) mass is 446 g/mol.